The van der Waals surface area contributed by atoms with Gasteiger partial charge in [0.25, 0.3) is 0 Å². The van der Waals surface area contributed by atoms with Crippen LogP contribution in [0.25, 0.3) is 11.1 Å². The van der Waals surface area contributed by atoms with Crippen LogP contribution in [0.1, 0.15) is 62.4 Å². The first kappa shape index (κ1) is 34.1. The monoisotopic (exact) mass is 656 g/mol. The van der Waals surface area contributed by atoms with E-state index in [1.165, 1.54) is 13.0 Å². The minimum Gasteiger partial charge on any atom is -0.497 e. The zero-order valence-electron chi connectivity index (χ0n) is 27.8. The number of halogens is 1. The first-order valence-electron chi connectivity index (χ1n) is 15.8. The van der Waals surface area contributed by atoms with Crippen LogP contribution in [0, 0.1) is 5.82 Å². The molecule has 12 heteroatoms. The van der Waals surface area contributed by atoms with Crippen LogP contribution in [0.5, 0.6) is 5.75 Å². The van der Waals surface area contributed by atoms with Crippen LogP contribution in [0.2, 0.25) is 0 Å². The van der Waals surface area contributed by atoms with E-state index in [0.29, 0.717) is 36.2 Å². The number of ether oxygens (including phenoxy) is 2. The average Bonchev–Trinajstić information content (AvgIpc) is 3.64. The first-order valence-corrected chi connectivity index (χ1v) is 15.8. The summed E-state index contributed by atoms with van der Waals surface area (Å²) in [7, 11) is 1.62. The van der Waals surface area contributed by atoms with Crippen molar-refractivity contribution in [3.63, 3.8) is 0 Å². The molecule has 0 aliphatic carbocycles. The van der Waals surface area contributed by atoms with Gasteiger partial charge in [-0.25, -0.2) is 13.9 Å². The smallest absolute Gasteiger partial charge is 0.410 e. The highest BCUT2D eigenvalue weighted by atomic mass is 19.1. The Kier molecular flexibility index (Phi) is 10.4. The molecule has 0 radical (unpaired) electrons. The van der Waals surface area contributed by atoms with Crippen LogP contribution >= 0.6 is 0 Å². The minimum absolute atomic E-state index is 0.169. The molecule has 2 atom stereocenters. The van der Waals surface area contributed by atoms with Crippen molar-refractivity contribution >= 4 is 17.9 Å². The molecular weight excluding hydrogens is 615 g/mol. The van der Waals surface area contributed by atoms with Gasteiger partial charge < -0.3 is 20.1 Å². The summed E-state index contributed by atoms with van der Waals surface area (Å²) in [5.74, 6) is -0.525. The topological polar surface area (TPSA) is 128 Å². The van der Waals surface area contributed by atoms with Gasteiger partial charge in [-0.05, 0) is 67.6 Å². The molecular formula is C36H41FN6O5. The van der Waals surface area contributed by atoms with Crippen molar-refractivity contribution in [2.24, 2.45) is 0 Å². The van der Waals surface area contributed by atoms with Crippen molar-refractivity contribution in [2.45, 2.75) is 71.3 Å². The first-order chi connectivity index (χ1) is 22.9. The third-order valence-corrected chi connectivity index (χ3v) is 8.01. The molecule has 2 N–H and O–H groups in total. The van der Waals surface area contributed by atoms with Gasteiger partial charge in [0, 0.05) is 31.6 Å². The van der Waals surface area contributed by atoms with Crippen LogP contribution in [0.4, 0.5) is 9.18 Å². The summed E-state index contributed by atoms with van der Waals surface area (Å²) in [4.78, 5) is 38.8. The van der Waals surface area contributed by atoms with Gasteiger partial charge in [-0.15, -0.1) is 5.10 Å². The molecule has 3 aromatic carbocycles. The molecule has 1 aromatic heterocycles. The van der Waals surface area contributed by atoms with Gasteiger partial charge in [0.05, 0.1) is 38.0 Å². The van der Waals surface area contributed by atoms with Crippen molar-refractivity contribution in [1.29, 1.82) is 0 Å². The highest BCUT2D eigenvalue weighted by Gasteiger charge is 2.33. The molecule has 0 bridgehead atoms. The summed E-state index contributed by atoms with van der Waals surface area (Å²) in [5.41, 5.74) is 3.50. The van der Waals surface area contributed by atoms with Crippen molar-refractivity contribution < 1.29 is 28.2 Å². The molecule has 11 nitrogen and oxygen atoms in total. The number of carbonyl (C=O) groups excluding carboxylic acids is 3. The molecule has 0 spiro atoms. The fourth-order valence-electron chi connectivity index (χ4n) is 5.58. The van der Waals surface area contributed by atoms with Crippen LogP contribution in [0.15, 0.2) is 72.9 Å². The van der Waals surface area contributed by atoms with E-state index in [-0.39, 0.29) is 30.9 Å². The van der Waals surface area contributed by atoms with Gasteiger partial charge in [-0.3, -0.25) is 14.5 Å². The summed E-state index contributed by atoms with van der Waals surface area (Å²) >= 11 is 0. The number of hydrogen-bond donors (Lipinski definition) is 2. The van der Waals surface area contributed by atoms with E-state index in [4.69, 9.17) is 9.47 Å². The lowest BCUT2D eigenvalue weighted by Gasteiger charge is -2.27. The highest BCUT2D eigenvalue weighted by molar-refractivity contribution is 5.86. The Balaban J connectivity index is 1.29. The summed E-state index contributed by atoms with van der Waals surface area (Å²) in [6.45, 7) is 8.11. The second-order valence-corrected chi connectivity index (χ2v) is 12.9. The van der Waals surface area contributed by atoms with E-state index in [2.05, 4.69) is 20.9 Å². The van der Waals surface area contributed by atoms with Crippen molar-refractivity contribution in [1.82, 2.24) is 30.5 Å². The largest absolute Gasteiger partial charge is 0.497 e. The van der Waals surface area contributed by atoms with Crippen LogP contribution < -0.4 is 15.4 Å². The van der Waals surface area contributed by atoms with Crippen molar-refractivity contribution in [3.8, 4) is 16.9 Å². The van der Waals surface area contributed by atoms with Crippen LogP contribution in [0.3, 0.4) is 0 Å². The van der Waals surface area contributed by atoms with E-state index in [0.717, 1.165) is 22.6 Å². The molecule has 2 heterocycles. The predicted molar refractivity (Wildman–Crippen MR) is 177 cm³/mol. The van der Waals surface area contributed by atoms with Crippen LogP contribution in [-0.2, 0) is 34.0 Å². The lowest BCUT2D eigenvalue weighted by atomic mass is 9.93. The SMILES string of the molecule is COc1ccc(Cn2nncc2CN(Cc2ccc(-c3ccc(C4C[C@@H](CNC(C)=O)NC4=O)cc3F)cc2)C(=O)OC(C)(C)C)cc1. The number of aromatic nitrogens is 3. The zero-order valence-corrected chi connectivity index (χ0v) is 27.8. The van der Waals surface area contributed by atoms with E-state index < -0.39 is 23.4 Å². The number of methoxy groups -OCH3 is 1. The number of nitrogens with one attached hydrogen (secondary N) is 2. The highest BCUT2D eigenvalue weighted by Crippen LogP contribution is 2.31. The maximum Gasteiger partial charge on any atom is 0.410 e. The van der Waals surface area contributed by atoms with Crippen molar-refractivity contribution in [2.75, 3.05) is 13.7 Å². The molecule has 252 valence electrons. The van der Waals surface area contributed by atoms with Gasteiger partial charge in [-0.1, -0.05) is 53.7 Å². The van der Waals surface area contributed by atoms with E-state index in [1.54, 1.807) is 35.0 Å². The molecule has 4 aromatic rings. The Labute approximate surface area is 279 Å². The number of amides is 3. The molecule has 5 rings (SSSR count). The Hall–Kier alpha value is -5.26. The molecule has 1 fully saturated rings. The minimum atomic E-state index is -0.698. The maximum absolute atomic E-state index is 15.4. The Morgan fingerprint density at radius 2 is 1.75 bits per heavy atom. The number of hydrogen-bond acceptors (Lipinski definition) is 7. The third kappa shape index (κ3) is 8.75. The predicted octanol–water partition coefficient (Wildman–Crippen LogP) is 5.19. The van der Waals surface area contributed by atoms with Gasteiger partial charge in [0.1, 0.15) is 17.2 Å². The summed E-state index contributed by atoms with van der Waals surface area (Å²) in [5, 5.41) is 13.9. The molecule has 1 aliphatic rings. The fourth-order valence-corrected chi connectivity index (χ4v) is 5.58. The van der Waals surface area contributed by atoms with E-state index in [9.17, 15) is 14.4 Å². The number of nitrogens with zero attached hydrogens (tertiary/aromatic N) is 4. The maximum atomic E-state index is 15.4. The standard InChI is InChI=1S/C36H41FN6O5/c1-23(44)38-18-28-17-32(34(45)40-28)27-12-15-31(33(37)16-27)26-10-6-24(7-11-26)20-42(35(46)48-36(2,3)4)22-29-19-39-41-43(29)21-25-8-13-30(47-5)14-9-25/h6-16,19,28,32H,17-18,20-22H2,1-5H3,(H,38,44)(H,40,45)/t28-,32?/m0/s1. The average molecular weight is 657 g/mol. The number of carbonyl (C=O) groups is 3. The lowest BCUT2D eigenvalue weighted by molar-refractivity contribution is -0.121. The molecule has 0 saturated carbocycles. The summed E-state index contributed by atoms with van der Waals surface area (Å²) < 4.78 is 28.1. The summed E-state index contributed by atoms with van der Waals surface area (Å²) in [6.07, 6.45) is 1.62. The second-order valence-electron chi connectivity index (χ2n) is 12.9. The van der Waals surface area contributed by atoms with Gasteiger partial charge in [-0.2, -0.15) is 0 Å². The number of benzene rings is 3. The molecule has 1 saturated heterocycles. The van der Waals surface area contributed by atoms with E-state index in [1.807, 2.05) is 69.3 Å². The molecule has 48 heavy (non-hydrogen) atoms. The van der Waals surface area contributed by atoms with Gasteiger partial charge >= 0.3 is 6.09 Å². The lowest BCUT2D eigenvalue weighted by Crippen LogP contribution is -2.37. The molecule has 1 aliphatic heterocycles. The van der Waals surface area contributed by atoms with Crippen molar-refractivity contribution in [3.05, 3.63) is 101 Å². The molecule has 3 amide bonds. The summed E-state index contributed by atoms with van der Waals surface area (Å²) in [6, 6.07) is 19.6. The Bertz CT molecular complexity index is 1750. The quantitative estimate of drug-likeness (QED) is 0.228. The Morgan fingerprint density at radius 1 is 1.04 bits per heavy atom. The normalized spacial score (nSPS) is 15.9. The van der Waals surface area contributed by atoms with Gasteiger partial charge in [0.15, 0.2) is 0 Å². The third-order valence-electron chi connectivity index (χ3n) is 8.01. The zero-order chi connectivity index (χ0) is 34.4. The van der Waals surface area contributed by atoms with E-state index >= 15 is 4.39 Å². The van der Waals surface area contributed by atoms with Crippen LogP contribution in [-0.4, -0.2) is 63.1 Å². The van der Waals surface area contributed by atoms with Gasteiger partial charge in [0.2, 0.25) is 11.8 Å². The number of rotatable bonds is 11. The fraction of sp³-hybridized carbons (Fsp3) is 0.361. The Morgan fingerprint density at radius 3 is 2.40 bits per heavy atom. The second kappa shape index (κ2) is 14.7. The molecule has 1 unspecified atom stereocenters.